The number of piperidine rings is 1. The monoisotopic (exact) mass is 416 g/mol. The van der Waals surface area contributed by atoms with Gasteiger partial charge in [-0.1, -0.05) is 25.1 Å². The van der Waals surface area contributed by atoms with Crippen molar-refractivity contribution in [1.82, 2.24) is 4.90 Å². The fourth-order valence-electron chi connectivity index (χ4n) is 3.05. The quantitative estimate of drug-likeness (QED) is 0.731. The van der Waals surface area contributed by atoms with Gasteiger partial charge in [0.2, 0.25) is 0 Å². The average Bonchev–Trinajstić information content (AvgIpc) is 2.73. The number of esters is 1. The van der Waals surface area contributed by atoms with E-state index in [9.17, 15) is 18.0 Å². The van der Waals surface area contributed by atoms with E-state index in [0.717, 1.165) is 12.8 Å². The highest BCUT2D eigenvalue weighted by atomic mass is 32.2. The lowest BCUT2D eigenvalue weighted by molar-refractivity contribution is -0.135. The number of rotatable bonds is 6. The van der Waals surface area contributed by atoms with Crippen molar-refractivity contribution in [3.05, 3.63) is 60.2 Å². The zero-order chi connectivity index (χ0) is 20.9. The van der Waals surface area contributed by atoms with Crippen LogP contribution >= 0.6 is 0 Å². The minimum absolute atomic E-state index is 0.0245. The number of sulfonamides is 1. The summed E-state index contributed by atoms with van der Waals surface area (Å²) in [6, 6.07) is 13.9. The molecule has 1 aliphatic rings. The van der Waals surface area contributed by atoms with Gasteiger partial charge in [0.25, 0.3) is 15.9 Å². The minimum Gasteiger partial charge on any atom is -0.452 e. The molecule has 2 aromatic carbocycles. The molecule has 0 radical (unpaired) electrons. The van der Waals surface area contributed by atoms with Crippen LogP contribution < -0.4 is 4.72 Å². The summed E-state index contributed by atoms with van der Waals surface area (Å²) in [6.45, 7) is 3.20. The molecule has 1 fully saturated rings. The zero-order valence-electron chi connectivity index (χ0n) is 16.2. The van der Waals surface area contributed by atoms with Gasteiger partial charge < -0.3 is 9.64 Å². The van der Waals surface area contributed by atoms with Crippen molar-refractivity contribution in [2.24, 2.45) is 5.92 Å². The number of benzene rings is 2. The summed E-state index contributed by atoms with van der Waals surface area (Å²) >= 11 is 0. The lowest BCUT2D eigenvalue weighted by atomic mass is 9.99. The SMILES string of the molecule is CC1CCN(C(=O)COC(=O)c2ccc(S(=O)(=O)Nc3ccccc3)cc2)CC1. The maximum absolute atomic E-state index is 12.4. The molecular weight excluding hydrogens is 392 g/mol. The number of likely N-dealkylation sites (tertiary alicyclic amines) is 1. The normalized spacial score (nSPS) is 15.0. The van der Waals surface area contributed by atoms with Crippen LogP contribution in [0, 0.1) is 5.92 Å². The summed E-state index contributed by atoms with van der Waals surface area (Å²) < 4.78 is 32.4. The Bertz CT molecular complexity index is 950. The Kier molecular flexibility index (Phi) is 6.53. The predicted octanol–water partition coefficient (Wildman–Crippen LogP) is 2.90. The number of anilines is 1. The molecule has 1 amide bonds. The first kappa shape index (κ1) is 20.9. The van der Waals surface area contributed by atoms with Crippen LogP contribution in [0.15, 0.2) is 59.5 Å². The van der Waals surface area contributed by atoms with E-state index in [1.165, 1.54) is 24.3 Å². The third-order valence-electron chi connectivity index (χ3n) is 4.89. The number of amides is 1. The van der Waals surface area contributed by atoms with Gasteiger partial charge in [-0.2, -0.15) is 0 Å². The first-order valence-corrected chi connectivity index (χ1v) is 11.0. The van der Waals surface area contributed by atoms with Gasteiger partial charge in [0.15, 0.2) is 6.61 Å². The molecule has 154 valence electrons. The van der Waals surface area contributed by atoms with Crippen LogP contribution in [-0.4, -0.2) is 44.9 Å². The molecule has 1 saturated heterocycles. The van der Waals surface area contributed by atoms with Crippen molar-refractivity contribution < 1.29 is 22.7 Å². The Balaban J connectivity index is 1.56. The largest absolute Gasteiger partial charge is 0.452 e. The molecule has 0 spiro atoms. The van der Waals surface area contributed by atoms with Crippen LogP contribution in [0.5, 0.6) is 0 Å². The van der Waals surface area contributed by atoms with Gasteiger partial charge in [0.05, 0.1) is 10.5 Å². The Morgan fingerprint density at radius 1 is 1.03 bits per heavy atom. The number of carbonyl (C=O) groups excluding carboxylic acids is 2. The number of nitrogens with zero attached hydrogens (tertiary/aromatic N) is 1. The molecule has 29 heavy (non-hydrogen) atoms. The summed E-state index contributed by atoms with van der Waals surface area (Å²) in [5.41, 5.74) is 0.630. The standard InChI is InChI=1S/C21H24N2O5S/c1-16-11-13-23(14-12-16)20(24)15-28-21(25)17-7-9-19(10-8-17)29(26,27)22-18-5-3-2-4-6-18/h2-10,16,22H,11-15H2,1H3. The maximum atomic E-state index is 12.4. The van der Waals surface area contributed by atoms with E-state index < -0.39 is 16.0 Å². The van der Waals surface area contributed by atoms with Crippen LogP contribution in [0.1, 0.15) is 30.1 Å². The summed E-state index contributed by atoms with van der Waals surface area (Å²) in [5, 5.41) is 0. The van der Waals surface area contributed by atoms with Gasteiger partial charge in [-0.05, 0) is 55.2 Å². The number of nitrogens with one attached hydrogen (secondary N) is 1. The smallest absolute Gasteiger partial charge is 0.338 e. The van der Waals surface area contributed by atoms with Crippen molar-refractivity contribution in [1.29, 1.82) is 0 Å². The molecule has 0 unspecified atom stereocenters. The van der Waals surface area contributed by atoms with Gasteiger partial charge in [-0.15, -0.1) is 0 Å². The third kappa shape index (κ3) is 5.57. The van der Waals surface area contributed by atoms with Gasteiger partial charge in [0.1, 0.15) is 0 Å². The molecule has 0 bridgehead atoms. The first-order valence-electron chi connectivity index (χ1n) is 9.48. The van der Waals surface area contributed by atoms with Crippen LogP contribution in [0.4, 0.5) is 5.69 Å². The maximum Gasteiger partial charge on any atom is 0.338 e. The van der Waals surface area contributed by atoms with Crippen LogP contribution in [0.3, 0.4) is 0 Å². The highest BCUT2D eigenvalue weighted by molar-refractivity contribution is 7.92. The van der Waals surface area contributed by atoms with E-state index in [0.29, 0.717) is 24.7 Å². The fraction of sp³-hybridized carbons (Fsp3) is 0.333. The van der Waals surface area contributed by atoms with E-state index in [4.69, 9.17) is 4.74 Å². The third-order valence-corrected chi connectivity index (χ3v) is 6.29. The number of ether oxygens (including phenoxy) is 1. The molecular formula is C21H24N2O5S. The molecule has 7 nitrogen and oxygen atoms in total. The molecule has 2 aromatic rings. The highest BCUT2D eigenvalue weighted by Gasteiger charge is 2.22. The van der Waals surface area contributed by atoms with Gasteiger partial charge in [-0.25, -0.2) is 13.2 Å². The second-order valence-corrected chi connectivity index (χ2v) is 8.82. The van der Waals surface area contributed by atoms with E-state index in [1.54, 1.807) is 35.2 Å². The Labute approximate surface area is 170 Å². The predicted molar refractivity (Wildman–Crippen MR) is 109 cm³/mol. The van der Waals surface area contributed by atoms with Crippen LogP contribution in [-0.2, 0) is 19.6 Å². The number of para-hydroxylation sites is 1. The van der Waals surface area contributed by atoms with Crippen molar-refractivity contribution in [3.63, 3.8) is 0 Å². The lowest BCUT2D eigenvalue weighted by Gasteiger charge is -2.30. The van der Waals surface area contributed by atoms with Crippen molar-refractivity contribution in [2.45, 2.75) is 24.7 Å². The Hall–Kier alpha value is -2.87. The molecule has 0 aromatic heterocycles. The molecule has 0 atom stereocenters. The molecule has 8 heteroatoms. The molecule has 1 heterocycles. The fourth-order valence-corrected chi connectivity index (χ4v) is 4.11. The summed E-state index contributed by atoms with van der Waals surface area (Å²) in [4.78, 5) is 26.1. The van der Waals surface area contributed by atoms with Crippen LogP contribution in [0.25, 0.3) is 0 Å². The molecule has 1 aliphatic heterocycles. The molecule has 3 rings (SSSR count). The number of hydrogen-bond acceptors (Lipinski definition) is 5. The molecule has 0 aliphatic carbocycles. The van der Waals surface area contributed by atoms with E-state index in [2.05, 4.69) is 11.6 Å². The average molecular weight is 416 g/mol. The summed E-state index contributed by atoms with van der Waals surface area (Å²) in [6.07, 6.45) is 1.90. The van der Waals surface area contributed by atoms with E-state index >= 15 is 0 Å². The number of carbonyl (C=O) groups is 2. The lowest BCUT2D eigenvalue weighted by Crippen LogP contribution is -2.40. The minimum atomic E-state index is -3.76. The Morgan fingerprint density at radius 3 is 2.28 bits per heavy atom. The number of hydrogen-bond donors (Lipinski definition) is 1. The van der Waals surface area contributed by atoms with Crippen molar-refractivity contribution >= 4 is 27.6 Å². The van der Waals surface area contributed by atoms with Gasteiger partial charge in [-0.3, -0.25) is 9.52 Å². The topological polar surface area (TPSA) is 92.8 Å². The first-order chi connectivity index (χ1) is 13.8. The van der Waals surface area contributed by atoms with Crippen molar-refractivity contribution in [2.75, 3.05) is 24.4 Å². The van der Waals surface area contributed by atoms with Gasteiger partial charge >= 0.3 is 5.97 Å². The molecule has 0 saturated carbocycles. The van der Waals surface area contributed by atoms with E-state index in [-0.39, 0.29) is 23.0 Å². The van der Waals surface area contributed by atoms with E-state index in [1.807, 2.05) is 0 Å². The van der Waals surface area contributed by atoms with Gasteiger partial charge in [0, 0.05) is 18.8 Å². The highest BCUT2D eigenvalue weighted by Crippen LogP contribution is 2.18. The Morgan fingerprint density at radius 2 is 1.66 bits per heavy atom. The molecule has 1 N–H and O–H groups in total. The summed E-state index contributed by atoms with van der Waals surface area (Å²) in [7, 11) is -3.76. The summed E-state index contributed by atoms with van der Waals surface area (Å²) in [5.74, 6) is -0.270. The zero-order valence-corrected chi connectivity index (χ0v) is 17.0. The second kappa shape index (κ2) is 9.09. The van der Waals surface area contributed by atoms with Crippen LogP contribution in [0.2, 0.25) is 0 Å². The van der Waals surface area contributed by atoms with Crippen molar-refractivity contribution in [3.8, 4) is 0 Å². The second-order valence-electron chi connectivity index (χ2n) is 7.14.